The Balaban J connectivity index is 0.000000528. The van der Waals surface area contributed by atoms with E-state index in [1.165, 1.54) is 98.1 Å². The Morgan fingerprint density at radius 1 is 0.477 bits per heavy atom. The molecular formula is C36H42Cl7P. The Morgan fingerprint density at radius 2 is 0.795 bits per heavy atom. The first-order chi connectivity index (χ1) is 20.8. The first-order valence-corrected chi connectivity index (χ1v) is 20.4. The lowest BCUT2D eigenvalue weighted by Crippen LogP contribution is -3.00. The van der Waals surface area contributed by atoms with Crippen LogP contribution in [0.5, 0.6) is 0 Å². The van der Waals surface area contributed by atoms with Gasteiger partial charge in [0, 0.05) is 7.26 Å². The van der Waals surface area contributed by atoms with Crippen LogP contribution in [0, 0.1) is 0 Å². The number of alkyl halides is 6. The summed E-state index contributed by atoms with van der Waals surface area (Å²) in [5.41, 5.74) is 5.15. The van der Waals surface area contributed by atoms with Crippen molar-refractivity contribution < 1.29 is 12.4 Å². The SMILES string of the molecule is ClC(Cl)Cl.ClC(Cl)Cl.[Cl-].c1ccc2c(C[P+](Cc3cccc4ccccc34)(C3CCCCC3)C3CCCCC3)cccc2c1. The predicted molar refractivity (Wildman–Crippen MR) is 199 cm³/mol. The van der Waals surface area contributed by atoms with Crippen molar-refractivity contribution in [2.24, 2.45) is 0 Å². The minimum atomic E-state index is -1.30. The van der Waals surface area contributed by atoms with Crippen LogP contribution in [0.2, 0.25) is 0 Å². The summed E-state index contributed by atoms with van der Waals surface area (Å²) in [4.78, 5) is 0. The van der Waals surface area contributed by atoms with Crippen LogP contribution in [-0.2, 0) is 12.3 Å². The number of fused-ring (bicyclic) bond motifs is 2. The van der Waals surface area contributed by atoms with Crippen LogP contribution in [0.1, 0.15) is 75.3 Å². The van der Waals surface area contributed by atoms with Crippen molar-refractivity contribution in [3.05, 3.63) is 96.1 Å². The zero-order valence-corrected chi connectivity index (χ0v) is 31.2. The number of benzene rings is 4. The van der Waals surface area contributed by atoms with Gasteiger partial charge in [-0.25, -0.2) is 0 Å². The van der Waals surface area contributed by atoms with Gasteiger partial charge in [-0.3, -0.25) is 0 Å². The maximum absolute atomic E-state index is 4.81. The fourth-order valence-corrected chi connectivity index (χ4v) is 13.9. The molecule has 2 fully saturated rings. The largest absolute Gasteiger partial charge is 1.00 e. The lowest BCUT2D eigenvalue weighted by molar-refractivity contribution is -0.00000822. The molecular weight excluding hydrogens is 712 g/mol. The molecule has 0 radical (unpaired) electrons. The minimum absolute atomic E-state index is 0. The topological polar surface area (TPSA) is 0 Å². The summed E-state index contributed by atoms with van der Waals surface area (Å²) < 4.78 is -1.50. The Hall–Kier alpha value is -0.140. The van der Waals surface area contributed by atoms with Crippen LogP contribution in [-0.4, -0.2) is 19.9 Å². The molecule has 0 heterocycles. The van der Waals surface area contributed by atoms with Gasteiger partial charge in [-0.05, 0) is 84.0 Å². The molecule has 0 saturated heterocycles. The fraction of sp³-hybridized carbons (Fsp3) is 0.444. The van der Waals surface area contributed by atoms with E-state index in [0.717, 1.165) is 11.3 Å². The molecule has 0 N–H and O–H groups in total. The van der Waals surface area contributed by atoms with E-state index in [4.69, 9.17) is 69.6 Å². The van der Waals surface area contributed by atoms with Crippen LogP contribution in [0.15, 0.2) is 84.9 Å². The van der Waals surface area contributed by atoms with Crippen LogP contribution >= 0.6 is 76.9 Å². The summed E-state index contributed by atoms with van der Waals surface area (Å²) in [5.74, 6) is 0. The molecule has 4 aromatic rings. The number of halogens is 7. The Kier molecular flexibility index (Phi) is 17.1. The second kappa shape index (κ2) is 19.6. The van der Waals surface area contributed by atoms with Crippen molar-refractivity contribution in [1.29, 1.82) is 0 Å². The van der Waals surface area contributed by atoms with E-state index < -0.39 is 15.9 Å². The lowest BCUT2D eigenvalue weighted by atomic mass is 9.99. The van der Waals surface area contributed by atoms with Crippen molar-refractivity contribution in [1.82, 2.24) is 0 Å². The first-order valence-electron chi connectivity index (χ1n) is 15.4. The van der Waals surface area contributed by atoms with Gasteiger partial charge < -0.3 is 12.4 Å². The van der Waals surface area contributed by atoms with Gasteiger partial charge in [0.25, 0.3) is 0 Å². The van der Waals surface area contributed by atoms with E-state index in [1.807, 2.05) is 0 Å². The molecule has 0 bridgehead atoms. The van der Waals surface area contributed by atoms with E-state index in [-0.39, 0.29) is 12.4 Å². The molecule has 0 aromatic heterocycles. The third-order valence-corrected chi connectivity index (χ3v) is 15.1. The highest BCUT2D eigenvalue weighted by Crippen LogP contribution is 2.76. The molecule has 0 atom stereocenters. The Labute approximate surface area is 301 Å². The van der Waals surface area contributed by atoms with Crippen LogP contribution in [0.4, 0.5) is 0 Å². The van der Waals surface area contributed by atoms with E-state index >= 15 is 0 Å². The molecule has 240 valence electrons. The number of hydrogen-bond acceptors (Lipinski definition) is 0. The average molecular weight is 754 g/mol. The highest BCUT2D eigenvalue weighted by molar-refractivity contribution is 7.75. The number of hydrogen-bond donors (Lipinski definition) is 0. The monoisotopic (exact) mass is 750 g/mol. The molecule has 44 heavy (non-hydrogen) atoms. The number of rotatable bonds is 6. The van der Waals surface area contributed by atoms with Crippen LogP contribution < -0.4 is 12.4 Å². The van der Waals surface area contributed by atoms with Crippen molar-refractivity contribution in [3.63, 3.8) is 0 Å². The van der Waals surface area contributed by atoms with E-state index in [0.29, 0.717) is 0 Å². The molecule has 0 amide bonds. The molecule has 2 saturated carbocycles. The van der Waals surface area contributed by atoms with Crippen molar-refractivity contribution in [3.8, 4) is 0 Å². The van der Waals surface area contributed by atoms with Gasteiger partial charge in [-0.1, -0.05) is 167 Å². The zero-order valence-electron chi connectivity index (χ0n) is 25.0. The Bertz CT molecular complexity index is 1270. The normalized spacial score (nSPS) is 16.2. The summed E-state index contributed by atoms with van der Waals surface area (Å²) >= 11 is 28.8. The molecule has 0 aliphatic heterocycles. The van der Waals surface area contributed by atoms with E-state index in [2.05, 4.69) is 84.9 Å². The lowest BCUT2D eigenvalue weighted by Gasteiger charge is -2.44. The third-order valence-electron chi connectivity index (χ3n) is 9.29. The molecule has 2 aliphatic rings. The quantitative estimate of drug-likeness (QED) is 0.136. The van der Waals surface area contributed by atoms with Gasteiger partial charge in [-0.15, -0.1) is 0 Å². The third kappa shape index (κ3) is 11.0. The highest BCUT2D eigenvalue weighted by Gasteiger charge is 2.52. The smallest absolute Gasteiger partial charge is 0.180 e. The fourth-order valence-electron chi connectivity index (χ4n) is 7.56. The van der Waals surface area contributed by atoms with Gasteiger partial charge >= 0.3 is 0 Å². The van der Waals surface area contributed by atoms with Gasteiger partial charge in [0.1, 0.15) is 0 Å². The van der Waals surface area contributed by atoms with Crippen LogP contribution in [0.25, 0.3) is 21.5 Å². The van der Waals surface area contributed by atoms with Crippen molar-refractivity contribution in [2.75, 3.05) is 0 Å². The molecule has 0 spiro atoms. The average Bonchev–Trinajstić information content (AvgIpc) is 3.01. The maximum atomic E-state index is 4.81. The second-order valence-electron chi connectivity index (χ2n) is 11.8. The van der Waals surface area contributed by atoms with Gasteiger partial charge in [0.2, 0.25) is 0 Å². The van der Waals surface area contributed by atoms with Gasteiger partial charge in [0.15, 0.2) is 8.59 Å². The molecule has 2 aliphatic carbocycles. The summed E-state index contributed by atoms with van der Waals surface area (Å²) in [5, 5.41) is 5.84. The summed E-state index contributed by atoms with van der Waals surface area (Å²) in [6.45, 7) is 0. The minimum Gasteiger partial charge on any atom is -1.00 e. The first kappa shape index (κ1) is 38.3. The highest BCUT2D eigenvalue weighted by atomic mass is 35.6. The van der Waals surface area contributed by atoms with E-state index in [1.54, 1.807) is 11.1 Å². The Morgan fingerprint density at radius 3 is 1.16 bits per heavy atom. The standard InChI is InChI=1S/C34H40P.2CHCl3.ClH/c1-3-19-31(20-4-1)35(32-21-5-2-6-22-32,25-29-17-11-15-27-13-7-9-23-33(27)29)26-30-18-12-16-28-14-8-10-24-34(28)30;2*2-1(3)4;/h7-18,23-24,31-32H,1-6,19-22,25-26H2;2*1H;1H/q+1;;;/p-1. The molecule has 6 rings (SSSR count). The molecule has 8 heteroatoms. The molecule has 4 aromatic carbocycles. The maximum Gasteiger partial charge on any atom is 0.180 e. The molecule has 0 unspecified atom stereocenters. The van der Waals surface area contributed by atoms with Gasteiger partial charge in [-0.2, -0.15) is 0 Å². The van der Waals surface area contributed by atoms with Crippen LogP contribution in [0.3, 0.4) is 0 Å². The van der Waals surface area contributed by atoms with E-state index in [9.17, 15) is 0 Å². The summed E-state index contributed by atoms with van der Waals surface area (Å²) in [6, 6.07) is 32.5. The van der Waals surface area contributed by atoms with Crippen molar-refractivity contribution in [2.45, 2.75) is 96.4 Å². The predicted octanol–water partition coefficient (Wildman–Crippen LogP) is 11.4. The second-order valence-corrected chi connectivity index (χ2v) is 20.0. The van der Waals surface area contributed by atoms with Crippen molar-refractivity contribution >= 4 is 98.4 Å². The molecule has 0 nitrogen and oxygen atoms in total. The van der Waals surface area contributed by atoms with Gasteiger partial charge in [0.05, 0.1) is 23.6 Å². The zero-order chi connectivity index (χ0) is 30.7. The summed E-state index contributed by atoms with van der Waals surface area (Å²) in [7, 11) is -1.30. The summed E-state index contributed by atoms with van der Waals surface area (Å²) in [6.07, 6.45) is 17.3.